The fraction of sp³-hybridized carbons (Fsp3) is 0.583. The topological polar surface area (TPSA) is 102 Å². The van der Waals surface area contributed by atoms with Crippen molar-refractivity contribution in [1.82, 2.24) is 15.1 Å². The fourth-order valence-electron chi connectivity index (χ4n) is 1.59. The first-order valence-corrected chi connectivity index (χ1v) is 6.21. The second-order valence-electron chi connectivity index (χ2n) is 4.83. The van der Waals surface area contributed by atoms with Gasteiger partial charge in [0.15, 0.2) is 0 Å². The van der Waals surface area contributed by atoms with E-state index < -0.39 is 6.04 Å². The highest BCUT2D eigenvalue weighted by Crippen LogP contribution is 2.08. The maximum Gasteiger partial charge on any atom is 0.241 e. The molecule has 0 fully saturated rings. The number of carbonyl (C=O) groups is 2. The third-order valence-corrected chi connectivity index (χ3v) is 2.55. The smallest absolute Gasteiger partial charge is 0.241 e. The number of rotatable bonds is 6. The highest BCUT2D eigenvalue weighted by atomic mass is 16.2. The summed E-state index contributed by atoms with van der Waals surface area (Å²) in [5.41, 5.74) is 6.31. The van der Waals surface area contributed by atoms with Crippen LogP contribution in [0.3, 0.4) is 0 Å². The summed E-state index contributed by atoms with van der Waals surface area (Å²) in [4.78, 5) is 22.9. The second-order valence-corrected chi connectivity index (χ2v) is 4.83. The highest BCUT2D eigenvalue weighted by molar-refractivity contribution is 5.94. The number of nitrogens with one attached hydrogen (secondary N) is 2. The Balaban J connectivity index is 2.53. The van der Waals surface area contributed by atoms with Crippen LogP contribution in [0.5, 0.6) is 0 Å². The van der Waals surface area contributed by atoms with E-state index in [-0.39, 0.29) is 18.4 Å². The van der Waals surface area contributed by atoms with Crippen molar-refractivity contribution in [3.05, 3.63) is 12.4 Å². The van der Waals surface area contributed by atoms with Crippen molar-refractivity contribution in [2.45, 2.75) is 32.9 Å². The molecule has 0 bridgehead atoms. The van der Waals surface area contributed by atoms with Crippen molar-refractivity contribution in [3.63, 3.8) is 0 Å². The summed E-state index contributed by atoms with van der Waals surface area (Å²) in [6.45, 7) is 4.13. The van der Waals surface area contributed by atoms with Crippen molar-refractivity contribution in [2.75, 3.05) is 12.4 Å². The zero-order valence-corrected chi connectivity index (χ0v) is 11.5. The summed E-state index contributed by atoms with van der Waals surface area (Å²) in [7, 11) is 1.56. The Hall–Kier alpha value is -1.89. The predicted octanol–water partition coefficient (Wildman–Crippen LogP) is -0.0590. The first-order valence-electron chi connectivity index (χ1n) is 6.21. The van der Waals surface area contributed by atoms with Gasteiger partial charge in [-0.1, -0.05) is 13.8 Å². The van der Waals surface area contributed by atoms with E-state index in [1.54, 1.807) is 13.2 Å². The molecular weight excluding hydrogens is 246 g/mol. The predicted molar refractivity (Wildman–Crippen MR) is 72.4 cm³/mol. The fourth-order valence-corrected chi connectivity index (χ4v) is 1.59. The summed E-state index contributed by atoms with van der Waals surface area (Å²) in [6.07, 6.45) is 3.70. The van der Waals surface area contributed by atoms with E-state index in [1.165, 1.54) is 10.9 Å². The average Bonchev–Trinajstić information content (AvgIpc) is 2.75. The average molecular weight is 267 g/mol. The molecule has 106 valence electrons. The van der Waals surface area contributed by atoms with Gasteiger partial charge >= 0.3 is 0 Å². The molecule has 1 heterocycles. The minimum absolute atomic E-state index is 0.115. The molecule has 7 heteroatoms. The maximum atomic E-state index is 11.8. The lowest BCUT2D eigenvalue weighted by Crippen LogP contribution is -2.36. The van der Waals surface area contributed by atoms with Crippen molar-refractivity contribution in [2.24, 2.45) is 11.7 Å². The summed E-state index contributed by atoms with van der Waals surface area (Å²) >= 11 is 0. The molecule has 0 aromatic carbocycles. The molecule has 2 amide bonds. The lowest BCUT2D eigenvalue weighted by molar-refractivity contribution is -0.121. The Morgan fingerprint density at radius 3 is 2.74 bits per heavy atom. The molecule has 1 rings (SSSR count). The molecule has 0 aliphatic carbocycles. The molecule has 0 spiro atoms. The normalized spacial score (nSPS) is 12.3. The Morgan fingerprint density at radius 2 is 2.16 bits per heavy atom. The van der Waals surface area contributed by atoms with Gasteiger partial charge in [-0.2, -0.15) is 5.10 Å². The van der Waals surface area contributed by atoms with Crippen LogP contribution in [-0.4, -0.2) is 34.7 Å². The first-order chi connectivity index (χ1) is 8.92. The van der Waals surface area contributed by atoms with Crippen LogP contribution < -0.4 is 16.4 Å². The van der Waals surface area contributed by atoms with Crippen LogP contribution in [0, 0.1) is 5.92 Å². The Kier molecular flexibility index (Phi) is 5.50. The van der Waals surface area contributed by atoms with E-state index in [4.69, 9.17) is 5.73 Å². The summed E-state index contributed by atoms with van der Waals surface area (Å²) in [5.74, 6) is -0.0394. The van der Waals surface area contributed by atoms with Gasteiger partial charge < -0.3 is 16.4 Å². The van der Waals surface area contributed by atoms with Gasteiger partial charge in [0.2, 0.25) is 11.8 Å². The summed E-state index contributed by atoms with van der Waals surface area (Å²) in [6, 6.07) is -0.540. The molecule has 0 saturated heterocycles. The third kappa shape index (κ3) is 5.09. The molecular formula is C12H21N5O2. The van der Waals surface area contributed by atoms with Crippen molar-refractivity contribution in [1.29, 1.82) is 0 Å². The highest BCUT2D eigenvalue weighted by Gasteiger charge is 2.15. The number of aromatic nitrogens is 2. The quantitative estimate of drug-likeness (QED) is 0.672. The largest absolute Gasteiger partial charge is 0.358 e. The van der Waals surface area contributed by atoms with Gasteiger partial charge in [0.1, 0.15) is 6.54 Å². The molecule has 0 aliphatic heterocycles. The lowest BCUT2D eigenvalue weighted by atomic mass is 10.0. The van der Waals surface area contributed by atoms with Gasteiger partial charge in [-0.15, -0.1) is 0 Å². The SMILES string of the molecule is CNC(=O)Cn1cc(NC(=O)[C@@H](N)CC(C)C)cn1. The molecule has 0 aliphatic rings. The number of carbonyl (C=O) groups excluding carboxylic acids is 2. The van der Waals surface area contributed by atoms with Gasteiger partial charge in [-0.3, -0.25) is 14.3 Å². The molecule has 4 N–H and O–H groups in total. The molecule has 1 aromatic heterocycles. The lowest BCUT2D eigenvalue weighted by Gasteiger charge is -2.12. The number of hydrogen-bond donors (Lipinski definition) is 3. The number of amides is 2. The third-order valence-electron chi connectivity index (χ3n) is 2.55. The number of nitrogens with zero attached hydrogens (tertiary/aromatic N) is 2. The number of hydrogen-bond acceptors (Lipinski definition) is 4. The van der Waals surface area contributed by atoms with Crippen LogP contribution in [0.4, 0.5) is 5.69 Å². The number of anilines is 1. The van der Waals surface area contributed by atoms with Crippen LogP contribution in [0.15, 0.2) is 12.4 Å². The minimum Gasteiger partial charge on any atom is -0.358 e. The Morgan fingerprint density at radius 1 is 1.47 bits per heavy atom. The molecule has 0 unspecified atom stereocenters. The Bertz CT molecular complexity index is 441. The summed E-state index contributed by atoms with van der Waals surface area (Å²) in [5, 5.41) is 9.15. The molecule has 7 nitrogen and oxygen atoms in total. The maximum absolute atomic E-state index is 11.8. The standard InChI is InChI=1S/C12H21N5O2/c1-8(2)4-10(13)12(19)16-9-5-15-17(6-9)7-11(18)14-3/h5-6,8,10H,4,7,13H2,1-3H3,(H,14,18)(H,16,19)/t10-/m0/s1. The van der Waals surface area contributed by atoms with Gasteiger partial charge in [0.25, 0.3) is 0 Å². The van der Waals surface area contributed by atoms with Crippen molar-refractivity contribution >= 4 is 17.5 Å². The molecule has 0 saturated carbocycles. The van der Waals surface area contributed by atoms with Crippen LogP contribution in [0.2, 0.25) is 0 Å². The second kappa shape index (κ2) is 6.89. The molecule has 19 heavy (non-hydrogen) atoms. The zero-order chi connectivity index (χ0) is 14.4. The zero-order valence-electron chi connectivity index (χ0n) is 11.5. The summed E-state index contributed by atoms with van der Waals surface area (Å²) < 4.78 is 1.45. The van der Waals surface area contributed by atoms with E-state index in [1.807, 2.05) is 13.8 Å². The molecule has 1 aromatic rings. The van der Waals surface area contributed by atoms with E-state index in [0.717, 1.165) is 0 Å². The van der Waals surface area contributed by atoms with Crippen LogP contribution in [0.25, 0.3) is 0 Å². The molecule has 1 atom stereocenters. The Labute approximate surface area is 112 Å². The van der Waals surface area contributed by atoms with Crippen LogP contribution in [0.1, 0.15) is 20.3 Å². The van der Waals surface area contributed by atoms with E-state index in [9.17, 15) is 9.59 Å². The van der Waals surface area contributed by atoms with Gasteiger partial charge in [-0.25, -0.2) is 0 Å². The first kappa shape index (κ1) is 15.2. The number of nitrogens with two attached hydrogens (primary N) is 1. The van der Waals surface area contributed by atoms with Crippen molar-refractivity contribution < 1.29 is 9.59 Å². The van der Waals surface area contributed by atoms with Gasteiger partial charge in [0, 0.05) is 13.2 Å². The number of likely N-dealkylation sites (N-methyl/N-ethyl adjacent to an activating group) is 1. The van der Waals surface area contributed by atoms with Crippen LogP contribution in [-0.2, 0) is 16.1 Å². The van der Waals surface area contributed by atoms with Crippen molar-refractivity contribution in [3.8, 4) is 0 Å². The van der Waals surface area contributed by atoms with E-state index in [0.29, 0.717) is 18.0 Å². The monoisotopic (exact) mass is 267 g/mol. The van der Waals surface area contributed by atoms with E-state index >= 15 is 0 Å². The minimum atomic E-state index is -0.540. The van der Waals surface area contributed by atoms with Gasteiger partial charge in [0.05, 0.1) is 17.9 Å². The van der Waals surface area contributed by atoms with Gasteiger partial charge in [-0.05, 0) is 12.3 Å². The molecule has 0 radical (unpaired) electrons. The van der Waals surface area contributed by atoms with Crippen LogP contribution >= 0.6 is 0 Å². The van der Waals surface area contributed by atoms with E-state index in [2.05, 4.69) is 15.7 Å².